The largest absolute Gasteiger partial charge is 0.459 e. The fraction of sp³-hybridized carbons (Fsp3) is 0.286. The Balaban J connectivity index is 1.92. The van der Waals surface area contributed by atoms with E-state index in [4.69, 9.17) is 4.42 Å². The summed E-state index contributed by atoms with van der Waals surface area (Å²) in [5, 5.41) is 16.0. The van der Waals surface area contributed by atoms with E-state index in [9.17, 15) is 10.1 Å². The van der Waals surface area contributed by atoms with Crippen LogP contribution in [0.3, 0.4) is 0 Å². The summed E-state index contributed by atoms with van der Waals surface area (Å²) in [6.07, 6.45) is 2.31. The normalized spacial score (nSPS) is 13.6. The first-order valence-corrected chi connectivity index (χ1v) is 7.13. The molecule has 0 saturated carbocycles. The van der Waals surface area contributed by atoms with Gasteiger partial charge in [-0.1, -0.05) is 0 Å². The van der Waals surface area contributed by atoms with E-state index in [0.29, 0.717) is 16.3 Å². The van der Waals surface area contributed by atoms with Gasteiger partial charge in [0.1, 0.15) is 11.1 Å². The van der Waals surface area contributed by atoms with Crippen LogP contribution >= 0.6 is 11.3 Å². The van der Waals surface area contributed by atoms with Gasteiger partial charge in [-0.25, -0.2) is 0 Å². The van der Waals surface area contributed by atoms with Gasteiger partial charge in [-0.15, -0.1) is 11.3 Å². The summed E-state index contributed by atoms with van der Waals surface area (Å²) in [6, 6.07) is 3.95. The van der Waals surface area contributed by atoms with Gasteiger partial charge in [-0.05, 0) is 31.5 Å². The summed E-state index contributed by atoms with van der Waals surface area (Å²) in [4.78, 5) is 13.3. The lowest BCUT2D eigenvalue weighted by Crippen LogP contribution is -2.22. The molecule has 102 valence electrons. The van der Waals surface area contributed by atoms with Crippen LogP contribution in [0.1, 0.15) is 32.1 Å². The van der Waals surface area contributed by atoms with Crippen molar-refractivity contribution in [2.75, 3.05) is 11.9 Å². The number of nitriles is 1. The van der Waals surface area contributed by atoms with Crippen molar-refractivity contribution in [2.24, 2.45) is 0 Å². The Morgan fingerprint density at radius 3 is 3.15 bits per heavy atom. The summed E-state index contributed by atoms with van der Waals surface area (Å²) in [6.45, 7) is 3.43. The minimum absolute atomic E-state index is 0.290. The van der Waals surface area contributed by atoms with Crippen LogP contribution in [-0.2, 0) is 13.0 Å². The molecule has 2 aromatic rings. The van der Waals surface area contributed by atoms with Gasteiger partial charge < -0.3 is 15.1 Å². The van der Waals surface area contributed by atoms with Gasteiger partial charge in [0.05, 0.1) is 11.8 Å². The fourth-order valence-electron chi connectivity index (χ4n) is 2.31. The molecule has 0 atom stereocenters. The van der Waals surface area contributed by atoms with Crippen molar-refractivity contribution >= 4 is 22.2 Å². The number of aryl methyl sites for hydroxylation is 1. The van der Waals surface area contributed by atoms with E-state index >= 15 is 0 Å². The first kappa shape index (κ1) is 12.9. The van der Waals surface area contributed by atoms with Crippen molar-refractivity contribution < 1.29 is 9.21 Å². The average Bonchev–Trinajstić information content (AvgIpc) is 3.01. The highest BCUT2D eigenvalue weighted by Crippen LogP contribution is 2.35. The summed E-state index contributed by atoms with van der Waals surface area (Å²) in [5.74, 6) is -0.0195. The lowest BCUT2D eigenvalue weighted by molar-refractivity contribution is 0.0996. The number of nitrogens with zero attached hydrogens (tertiary/aromatic N) is 1. The monoisotopic (exact) mass is 287 g/mol. The third kappa shape index (κ3) is 2.11. The predicted octanol–water partition coefficient (Wildman–Crippen LogP) is 2.42. The molecule has 0 aromatic carbocycles. The molecular formula is C14H13N3O2S. The first-order valence-electron chi connectivity index (χ1n) is 6.31. The second-order valence-corrected chi connectivity index (χ2v) is 5.74. The van der Waals surface area contributed by atoms with Crippen LogP contribution in [0.2, 0.25) is 0 Å². The van der Waals surface area contributed by atoms with E-state index in [0.717, 1.165) is 35.5 Å². The standard InChI is InChI=1S/C14H13N3O2S/c1-8-3-5-19-12(8)13(18)17-14-10(6-15)9-2-4-16-7-11(9)20-14/h3,5,16H,2,4,7H2,1H3,(H,17,18). The zero-order valence-corrected chi connectivity index (χ0v) is 11.8. The van der Waals surface area contributed by atoms with E-state index in [2.05, 4.69) is 16.7 Å². The Morgan fingerprint density at radius 1 is 1.60 bits per heavy atom. The van der Waals surface area contributed by atoms with E-state index in [-0.39, 0.29) is 5.91 Å². The van der Waals surface area contributed by atoms with Crippen LogP contribution in [0.15, 0.2) is 16.7 Å². The van der Waals surface area contributed by atoms with E-state index in [1.54, 1.807) is 6.07 Å². The number of rotatable bonds is 2. The second kappa shape index (κ2) is 5.12. The third-order valence-electron chi connectivity index (χ3n) is 3.34. The molecule has 0 spiro atoms. The van der Waals surface area contributed by atoms with Crippen LogP contribution < -0.4 is 10.6 Å². The van der Waals surface area contributed by atoms with Gasteiger partial charge in [0.15, 0.2) is 5.76 Å². The summed E-state index contributed by atoms with van der Waals surface area (Å²) in [7, 11) is 0. The van der Waals surface area contributed by atoms with E-state index in [1.165, 1.54) is 17.6 Å². The molecule has 0 saturated heterocycles. The van der Waals surface area contributed by atoms with Crippen LogP contribution in [-0.4, -0.2) is 12.5 Å². The van der Waals surface area contributed by atoms with Gasteiger partial charge in [-0.3, -0.25) is 4.79 Å². The maximum atomic E-state index is 12.2. The Bertz CT molecular complexity index is 709. The lowest BCUT2D eigenvalue weighted by Gasteiger charge is -2.11. The van der Waals surface area contributed by atoms with Crippen LogP contribution in [0.4, 0.5) is 5.00 Å². The topological polar surface area (TPSA) is 78.1 Å². The number of hydrogen-bond donors (Lipinski definition) is 2. The first-order chi connectivity index (χ1) is 9.70. The van der Waals surface area contributed by atoms with E-state index < -0.39 is 0 Å². The molecule has 2 N–H and O–H groups in total. The number of anilines is 1. The number of carbonyl (C=O) groups is 1. The molecule has 20 heavy (non-hydrogen) atoms. The molecule has 1 aliphatic rings. The van der Waals surface area contributed by atoms with Crippen molar-refractivity contribution in [1.29, 1.82) is 5.26 Å². The molecule has 3 heterocycles. The number of fused-ring (bicyclic) bond motifs is 1. The number of amides is 1. The average molecular weight is 287 g/mol. The summed E-state index contributed by atoms with van der Waals surface area (Å²) < 4.78 is 5.17. The molecule has 0 fully saturated rings. The second-order valence-electron chi connectivity index (χ2n) is 4.63. The maximum absolute atomic E-state index is 12.2. The number of thiophene rings is 1. The molecule has 0 bridgehead atoms. The van der Waals surface area contributed by atoms with Crippen molar-refractivity contribution in [3.05, 3.63) is 39.7 Å². The molecule has 0 aliphatic carbocycles. The molecule has 2 aromatic heterocycles. The number of hydrogen-bond acceptors (Lipinski definition) is 5. The SMILES string of the molecule is Cc1ccoc1C(=O)Nc1sc2c(c1C#N)CCNC2. The van der Waals surface area contributed by atoms with Crippen molar-refractivity contribution in [3.63, 3.8) is 0 Å². The minimum Gasteiger partial charge on any atom is -0.459 e. The quantitative estimate of drug-likeness (QED) is 0.889. The van der Waals surface area contributed by atoms with Crippen LogP contribution in [0.25, 0.3) is 0 Å². The van der Waals surface area contributed by atoms with Gasteiger partial charge in [0, 0.05) is 17.0 Å². The Kier molecular flexibility index (Phi) is 3.30. The Labute approximate surface area is 120 Å². The van der Waals surface area contributed by atoms with Gasteiger partial charge in [0.2, 0.25) is 0 Å². The smallest absolute Gasteiger partial charge is 0.292 e. The molecular weight excluding hydrogens is 274 g/mol. The molecule has 0 unspecified atom stereocenters. The van der Waals surface area contributed by atoms with Crippen LogP contribution in [0.5, 0.6) is 0 Å². The summed E-state index contributed by atoms with van der Waals surface area (Å²) in [5.41, 5.74) is 2.43. The number of nitrogens with one attached hydrogen (secondary N) is 2. The summed E-state index contributed by atoms with van der Waals surface area (Å²) >= 11 is 1.46. The van der Waals surface area contributed by atoms with Crippen LogP contribution in [0, 0.1) is 18.3 Å². The molecule has 5 nitrogen and oxygen atoms in total. The predicted molar refractivity (Wildman–Crippen MR) is 75.8 cm³/mol. The lowest BCUT2D eigenvalue weighted by atomic mass is 10.1. The molecule has 3 rings (SSSR count). The fourth-order valence-corrected chi connectivity index (χ4v) is 3.47. The highest BCUT2D eigenvalue weighted by atomic mass is 32.1. The van der Waals surface area contributed by atoms with Crippen molar-refractivity contribution in [2.45, 2.75) is 19.9 Å². The number of furan rings is 1. The number of carbonyl (C=O) groups excluding carboxylic acids is 1. The molecule has 1 aliphatic heterocycles. The third-order valence-corrected chi connectivity index (χ3v) is 4.48. The zero-order valence-electron chi connectivity index (χ0n) is 10.9. The Morgan fingerprint density at radius 2 is 2.45 bits per heavy atom. The Hall–Kier alpha value is -2.10. The molecule has 6 heteroatoms. The van der Waals surface area contributed by atoms with Crippen molar-refractivity contribution in [3.8, 4) is 6.07 Å². The molecule has 0 radical (unpaired) electrons. The van der Waals surface area contributed by atoms with Gasteiger partial charge in [0.25, 0.3) is 5.91 Å². The van der Waals surface area contributed by atoms with Gasteiger partial charge >= 0.3 is 0 Å². The van der Waals surface area contributed by atoms with Gasteiger partial charge in [-0.2, -0.15) is 5.26 Å². The highest BCUT2D eigenvalue weighted by molar-refractivity contribution is 7.16. The van der Waals surface area contributed by atoms with E-state index in [1.807, 2.05) is 6.92 Å². The minimum atomic E-state index is -0.310. The molecule has 1 amide bonds. The van der Waals surface area contributed by atoms with Crippen molar-refractivity contribution in [1.82, 2.24) is 5.32 Å². The maximum Gasteiger partial charge on any atom is 0.292 e. The highest BCUT2D eigenvalue weighted by Gasteiger charge is 2.23. The zero-order chi connectivity index (χ0) is 14.1.